The highest BCUT2D eigenvalue weighted by atomic mass is 16.4. The molecule has 0 saturated heterocycles. The lowest BCUT2D eigenvalue weighted by atomic mass is 10.1. The van der Waals surface area contributed by atoms with Gasteiger partial charge in [0.05, 0.1) is 11.9 Å². The molecule has 0 unspecified atom stereocenters. The van der Waals surface area contributed by atoms with Gasteiger partial charge in [-0.05, 0) is 30.9 Å². The van der Waals surface area contributed by atoms with E-state index < -0.39 is 0 Å². The Bertz CT molecular complexity index is 300. The molecule has 0 aliphatic rings. The van der Waals surface area contributed by atoms with Crippen LogP contribution in [0.5, 0.6) is 0 Å². The third kappa shape index (κ3) is 3.14. The summed E-state index contributed by atoms with van der Waals surface area (Å²) in [5, 5.41) is 20.0. The highest BCUT2D eigenvalue weighted by Crippen LogP contribution is 2.07. The van der Waals surface area contributed by atoms with Gasteiger partial charge in [-0.2, -0.15) is 0 Å². The molecule has 0 aliphatic carbocycles. The zero-order valence-electron chi connectivity index (χ0n) is 7.93. The van der Waals surface area contributed by atoms with Crippen LogP contribution in [0.3, 0.4) is 0 Å². The molecule has 1 rings (SSSR count). The van der Waals surface area contributed by atoms with Crippen molar-refractivity contribution in [3.63, 3.8) is 0 Å². The van der Waals surface area contributed by atoms with E-state index in [1.54, 1.807) is 6.20 Å². The number of hydrogen-bond acceptors (Lipinski definition) is 4. The number of hydrogen-bond donors (Lipinski definition) is 2. The van der Waals surface area contributed by atoms with Crippen molar-refractivity contribution in [3.05, 3.63) is 29.6 Å². The third-order valence-corrected chi connectivity index (χ3v) is 1.96. The Morgan fingerprint density at radius 3 is 3.00 bits per heavy atom. The first kappa shape index (κ1) is 10.7. The van der Waals surface area contributed by atoms with Crippen LogP contribution in [0.4, 0.5) is 0 Å². The van der Waals surface area contributed by atoms with Gasteiger partial charge in [-0.1, -0.05) is 11.2 Å². The molecule has 76 valence electrons. The van der Waals surface area contributed by atoms with Crippen LogP contribution < -0.4 is 0 Å². The van der Waals surface area contributed by atoms with Crippen LogP contribution >= 0.6 is 0 Å². The Labute approximate surface area is 82.9 Å². The lowest BCUT2D eigenvalue weighted by Crippen LogP contribution is -1.97. The molecule has 0 saturated carbocycles. The summed E-state index contributed by atoms with van der Waals surface area (Å²) < 4.78 is 0. The van der Waals surface area contributed by atoms with Gasteiger partial charge in [0, 0.05) is 12.8 Å². The number of nitrogens with zero attached hydrogens (tertiary/aromatic N) is 2. The maximum atomic E-state index is 8.63. The summed E-state index contributed by atoms with van der Waals surface area (Å²) in [7, 11) is 0. The van der Waals surface area contributed by atoms with E-state index >= 15 is 0 Å². The van der Waals surface area contributed by atoms with E-state index in [0.29, 0.717) is 5.69 Å². The second kappa shape index (κ2) is 6.10. The van der Waals surface area contributed by atoms with Gasteiger partial charge in [0.25, 0.3) is 0 Å². The molecule has 4 nitrogen and oxygen atoms in total. The van der Waals surface area contributed by atoms with E-state index in [1.165, 1.54) is 6.21 Å². The highest BCUT2D eigenvalue weighted by Gasteiger charge is 2.00. The first-order valence-electron chi connectivity index (χ1n) is 4.60. The fraction of sp³-hybridized carbons (Fsp3) is 0.400. The van der Waals surface area contributed by atoms with E-state index in [2.05, 4.69) is 10.1 Å². The molecule has 0 spiro atoms. The summed E-state index contributed by atoms with van der Waals surface area (Å²) in [6.07, 6.45) is 5.52. The molecule has 2 N–H and O–H groups in total. The van der Waals surface area contributed by atoms with Crippen LogP contribution in [0, 0.1) is 0 Å². The summed E-state index contributed by atoms with van der Waals surface area (Å²) in [6.45, 7) is 0.212. The number of rotatable bonds is 5. The topological polar surface area (TPSA) is 65.7 Å². The minimum absolute atomic E-state index is 0.212. The second-order valence-electron chi connectivity index (χ2n) is 2.97. The van der Waals surface area contributed by atoms with Gasteiger partial charge < -0.3 is 10.3 Å². The molecular weight excluding hydrogens is 180 g/mol. The van der Waals surface area contributed by atoms with Gasteiger partial charge in [0.2, 0.25) is 0 Å². The smallest absolute Gasteiger partial charge is 0.0920 e. The van der Waals surface area contributed by atoms with Crippen molar-refractivity contribution < 1.29 is 10.3 Å². The monoisotopic (exact) mass is 194 g/mol. The standard InChI is InChI=1S/C10H14N2O2/c13-7-2-1-4-9-5-3-6-11-10(9)8-12-14/h3,5-6,8,13-14H,1-2,4,7H2/b12-8+. The number of pyridine rings is 1. The van der Waals surface area contributed by atoms with E-state index in [9.17, 15) is 0 Å². The quantitative estimate of drug-likeness (QED) is 0.320. The first-order valence-corrected chi connectivity index (χ1v) is 4.60. The van der Waals surface area contributed by atoms with Gasteiger partial charge in [0.15, 0.2) is 0 Å². The molecule has 4 heteroatoms. The average molecular weight is 194 g/mol. The Balaban J connectivity index is 2.64. The predicted octanol–water partition coefficient (Wildman–Crippen LogP) is 1.20. The Kier molecular flexibility index (Phi) is 4.64. The molecule has 14 heavy (non-hydrogen) atoms. The summed E-state index contributed by atoms with van der Waals surface area (Å²) in [5.74, 6) is 0. The molecule has 0 aliphatic heterocycles. The minimum Gasteiger partial charge on any atom is -0.411 e. The van der Waals surface area contributed by atoms with E-state index in [4.69, 9.17) is 10.3 Å². The molecule has 0 atom stereocenters. The number of aromatic nitrogens is 1. The molecule has 1 aromatic rings. The Hall–Kier alpha value is -1.42. The van der Waals surface area contributed by atoms with Crippen molar-refractivity contribution in [1.82, 2.24) is 4.98 Å². The van der Waals surface area contributed by atoms with Gasteiger partial charge in [-0.3, -0.25) is 4.98 Å². The van der Waals surface area contributed by atoms with Crippen molar-refractivity contribution in [3.8, 4) is 0 Å². The maximum absolute atomic E-state index is 8.63. The summed E-state index contributed by atoms with van der Waals surface area (Å²) in [6, 6.07) is 3.80. The maximum Gasteiger partial charge on any atom is 0.0920 e. The minimum atomic E-state index is 0.212. The van der Waals surface area contributed by atoms with E-state index in [0.717, 1.165) is 24.8 Å². The lowest BCUT2D eigenvalue weighted by Gasteiger charge is -2.02. The summed E-state index contributed by atoms with van der Waals surface area (Å²) in [5.41, 5.74) is 1.73. The van der Waals surface area contributed by atoms with Gasteiger partial charge in [0.1, 0.15) is 0 Å². The van der Waals surface area contributed by atoms with E-state index in [1.807, 2.05) is 12.1 Å². The van der Waals surface area contributed by atoms with Crippen molar-refractivity contribution in [1.29, 1.82) is 0 Å². The van der Waals surface area contributed by atoms with Gasteiger partial charge in [-0.15, -0.1) is 0 Å². The fourth-order valence-electron chi connectivity index (χ4n) is 1.26. The third-order valence-electron chi connectivity index (χ3n) is 1.96. The normalized spacial score (nSPS) is 10.9. The molecular formula is C10H14N2O2. The van der Waals surface area contributed by atoms with Crippen molar-refractivity contribution in [2.75, 3.05) is 6.61 Å². The molecule has 0 aromatic carbocycles. The molecule has 1 heterocycles. The predicted molar refractivity (Wildman–Crippen MR) is 53.6 cm³/mol. The van der Waals surface area contributed by atoms with Crippen LogP contribution in [0.25, 0.3) is 0 Å². The average Bonchev–Trinajstić information content (AvgIpc) is 2.21. The zero-order valence-corrected chi connectivity index (χ0v) is 7.93. The number of aliphatic hydroxyl groups excluding tert-OH is 1. The van der Waals surface area contributed by atoms with Crippen LogP contribution in [0.1, 0.15) is 24.1 Å². The summed E-state index contributed by atoms with van der Waals surface area (Å²) >= 11 is 0. The van der Waals surface area contributed by atoms with Crippen LogP contribution in [0.15, 0.2) is 23.5 Å². The van der Waals surface area contributed by atoms with Gasteiger partial charge in [-0.25, -0.2) is 0 Å². The SMILES string of the molecule is OCCCCc1cccnc1/C=N/O. The fourth-order valence-corrected chi connectivity index (χ4v) is 1.26. The Morgan fingerprint density at radius 2 is 2.29 bits per heavy atom. The van der Waals surface area contributed by atoms with Crippen molar-refractivity contribution in [2.45, 2.75) is 19.3 Å². The summed E-state index contributed by atoms with van der Waals surface area (Å²) in [4.78, 5) is 4.08. The van der Waals surface area contributed by atoms with Gasteiger partial charge >= 0.3 is 0 Å². The molecule has 1 aromatic heterocycles. The van der Waals surface area contributed by atoms with E-state index in [-0.39, 0.29) is 6.61 Å². The second-order valence-corrected chi connectivity index (χ2v) is 2.97. The number of aliphatic hydroxyl groups is 1. The molecule has 0 radical (unpaired) electrons. The van der Waals surface area contributed by atoms with Crippen molar-refractivity contribution >= 4 is 6.21 Å². The molecule has 0 bridgehead atoms. The largest absolute Gasteiger partial charge is 0.411 e. The van der Waals surface area contributed by atoms with Crippen molar-refractivity contribution in [2.24, 2.45) is 5.16 Å². The number of aryl methyl sites for hydroxylation is 1. The van der Waals surface area contributed by atoms with Crippen LogP contribution in [-0.2, 0) is 6.42 Å². The Morgan fingerprint density at radius 1 is 1.43 bits per heavy atom. The molecule has 0 fully saturated rings. The highest BCUT2D eigenvalue weighted by molar-refractivity contribution is 5.78. The number of oxime groups is 1. The van der Waals surface area contributed by atoms with Crippen LogP contribution in [-0.4, -0.2) is 28.1 Å². The lowest BCUT2D eigenvalue weighted by molar-refractivity contribution is 0.284. The zero-order chi connectivity index (χ0) is 10.2. The van der Waals surface area contributed by atoms with Crippen LogP contribution in [0.2, 0.25) is 0 Å². The molecule has 0 amide bonds. The number of unbranched alkanes of at least 4 members (excludes halogenated alkanes) is 1. The first-order chi connectivity index (χ1) is 6.88.